The lowest BCUT2D eigenvalue weighted by Gasteiger charge is -2.10. The van der Waals surface area contributed by atoms with Crippen LogP contribution >= 0.6 is 0 Å². The van der Waals surface area contributed by atoms with Gasteiger partial charge in [0.25, 0.3) is 5.56 Å². The molecule has 6 heteroatoms. The number of nitrogens with two attached hydrogens (primary N) is 2. The molecule has 0 saturated heterocycles. The average molecular weight is 232 g/mol. The topological polar surface area (TPSA) is 104 Å². The zero-order valence-corrected chi connectivity index (χ0v) is 9.04. The minimum Gasteiger partial charge on any atom is -0.368 e. The maximum Gasteiger partial charge on any atom is 0.261 e. The van der Waals surface area contributed by atoms with Crippen LogP contribution in [0.5, 0.6) is 0 Å². The highest BCUT2D eigenvalue weighted by molar-refractivity contribution is 5.79. The van der Waals surface area contributed by atoms with Gasteiger partial charge in [-0.3, -0.25) is 14.2 Å². The number of amides is 1. The van der Waals surface area contributed by atoms with Crippen molar-refractivity contribution < 1.29 is 4.79 Å². The molecule has 0 aliphatic carbocycles. The van der Waals surface area contributed by atoms with Gasteiger partial charge in [-0.2, -0.15) is 0 Å². The zero-order chi connectivity index (χ0) is 12.4. The molecular formula is C11H12N4O2. The SMILES string of the molecule is NC(=O)C(N)Cn1cnc2ccccc2c1=O. The van der Waals surface area contributed by atoms with Crippen LogP contribution in [0.25, 0.3) is 10.9 Å². The van der Waals surface area contributed by atoms with Crippen molar-refractivity contribution in [2.45, 2.75) is 12.6 Å². The molecule has 6 nitrogen and oxygen atoms in total. The van der Waals surface area contributed by atoms with Crippen LogP contribution in [0.2, 0.25) is 0 Å². The molecule has 1 aromatic heterocycles. The number of aromatic nitrogens is 2. The highest BCUT2D eigenvalue weighted by atomic mass is 16.1. The molecule has 1 amide bonds. The van der Waals surface area contributed by atoms with Gasteiger partial charge in [0.2, 0.25) is 5.91 Å². The van der Waals surface area contributed by atoms with E-state index in [-0.39, 0.29) is 12.1 Å². The summed E-state index contributed by atoms with van der Waals surface area (Å²) in [6, 6.07) is 6.08. The number of rotatable bonds is 3. The zero-order valence-electron chi connectivity index (χ0n) is 9.04. The Hall–Kier alpha value is -2.21. The first-order valence-corrected chi connectivity index (χ1v) is 5.08. The maximum absolute atomic E-state index is 12.0. The number of nitrogens with zero attached hydrogens (tertiary/aromatic N) is 2. The molecule has 0 fully saturated rings. The minimum atomic E-state index is -0.893. The molecule has 2 rings (SSSR count). The van der Waals surface area contributed by atoms with Crippen molar-refractivity contribution in [3.05, 3.63) is 40.9 Å². The predicted molar refractivity (Wildman–Crippen MR) is 63.2 cm³/mol. The van der Waals surface area contributed by atoms with E-state index in [9.17, 15) is 9.59 Å². The molecule has 0 spiro atoms. The monoisotopic (exact) mass is 232 g/mol. The number of hydrogen-bond acceptors (Lipinski definition) is 4. The van der Waals surface area contributed by atoms with Gasteiger partial charge >= 0.3 is 0 Å². The van der Waals surface area contributed by atoms with Crippen LogP contribution in [0.15, 0.2) is 35.4 Å². The Bertz CT molecular complexity index is 620. The largest absolute Gasteiger partial charge is 0.368 e. The molecule has 17 heavy (non-hydrogen) atoms. The van der Waals surface area contributed by atoms with Gasteiger partial charge in [0.15, 0.2) is 0 Å². The Labute approximate surface area is 96.9 Å². The first kappa shape index (κ1) is 11.3. The van der Waals surface area contributed by atoms with Gasteiger partial charge in [-0.15, -0.1) is 0 Å². The quantitative estimate of drug-likeness (QED) is 0.723. The lowest BCUT2D eigenvalue weighted by molar-refractivity contribution is -0.119. The summed E-state index contributed by atoms with van der Waals surface area (Å²) >= 11 is 0. The van der Waals surface area contributed by atoms with Crippen LogP contribution < -0.4 is 17.0 Å². The Morgan fingerprint density at radius 1 is 1.41 bits per heavy atom. The fourth-order valence-electron chi connectivity index (χ4n) is 1.54. The van der Waals surface area contributed by atoms with Crippen LogP contribution in [-0.4, -0.2) is 21.5 Å². The Morgan fingerprint density at radius 2 is 2.12 bits per heavy atom. The second-order valence-electron chi connectivity index (χ2n) is 3.73. The predicted octanol–water partition coefficient (Wildman–Crippen LogP) is -0.791. The molecule has 0 aliphatic rings. The van der Waals surface area contributed by atoms with Gasteiger partial charge in [0, 0.05) is 0 Å². The molecule has 1 atom stereocenters. The van der Waals surface area contributed by atoms with Gasteiger partial charge < -0.3 is 11.5 Å². The van der Waals surface area contributed by atoms with E-state index in [0.29, 0.717) is 10.9 Å². The summed E-state index contributed by atoms with van der Waals surface area (Å²) in [4.78, 5) is 27.0. The number of primary amides is 1. The first-order valence-electron chi connectivity index (χ1n) is 5.08. The average Bonchev–Trinajstić information content (AvgIpc) is 2.33. The number of fused-ring (bicyclic) bond motifs is 1. The summed E-state index contributed by atoms with van der Waals surface area (Å²) in [5.41, 5.74) is 10.9. The standard InChI is InChI=1S/C11H12N4O2/c12-8(10(13)16)5-15-6-14-9-4-2-1-3-7(9)11(15)17/h1-4,6,8H,5,12H2,(H2,13,16). The molecule has 1 unspecified atom stereocenters. The van der Waals surface area contributed by atoms with E-state index in [2.05, 4.69) is 4.98 Å². The van der Waals surface area contributed by atoms with Crippen LogP contribution in [-0.2, 0) is 11.3 Å². The number of carbonyl (C=O) groups is 1. The van der Waals surface area contributed by atoms with E-state index in [0.717, 1.165) is 0 Å². The summed E-state index contributed by atoms with van der Waals surface area (Å²) in [5, 5.41) is 0.492. The minimum absolute atomic E-state index is 0.0337. The number of hydrogen-bond donors (Lipinski definition) is 2. The van der Waals surface area contributed by atoms with Gasteiger partial charge in [-0.25, -0.2) is 4.98 Å². The molecule has 0 bridgehead atoms. The van der Waals surface area contributed by atoms with E-state index >= 15 is 0 Å². The molecule has 4 N–H and O–H groups in total. The molecule has 88 valence electrons. The third kappa shape index (κ3) is 2.16. The lowest BCUT2D eigenvalue weighted by atomic mass is 10.2. The highest BCUT2D eigenvalue weighted by Crippen LogP contribution is 2.04. The number of carbonyl (C=O) groups excluding carboxylic acids is 1. The number of para-hydroxylation sites is 1. The summed E-state index contributed by atoms with van der Waals surface area (Å²) in [6.45, 7) is 0.0337. The molecular weight excluding hydrogens is 220 g/mol. The van der Waals surface area contributed by atoms with E-state index < -0.39 is 11.9 Å². The van der Waals surface area contributed by atoms with Gasteiger partial charge in [0.05, 0.1) is 23.8 Å². The smallest absolute Gasteiger partial charge is 0.261 e. The van der Waals surface area contributed by atoms with Gasteiger partial charge in [-0.1, -0.05) is 12.1 Å². The van der Waals surface area contributed by atoms with Crippen molar-refractivity contribution >= 4 is 16.8 Å². The Morgan fingerprint density at radius 3 is 2.82 bits per heavy atom. The van der Waals surface area contributed by atoms with Crippen LogP contribution in [0, 0.1) is 0 Å². The van der Waals surface area contributed by atoms with Crippen LogP contribution in [0.1, 0.15) is 0 Å². The van der Waals surface area contributed by atoms with Crippen molar-refractivity contribution in [1.29, 1.82) is 0 Å². The van der Waals surface area contributed by atoms with Crippen molar-refractivity contribution in [3.63, 3.8) is 0 Å². The second-order valence-corrected chi connectivity index (χ2v) is 3.73. The Kier molecular flexibility index (Phi) is 2.88. The summed E-state index contributed by atoms with van der Waals surface area (Å²) < 4.78 is 1.29. The molecule has 0 saturated carbocycles. The fraction of sp³-hybridized carbons (Fsp3) is 0.182. The lowest BCUT2D eigenvalue weighted by Crippen LogP contribution is -2.42. The molecule has 1 aromatic carbocycles. The third-order valence-corrected chi connectivity index (χ3v) is 2.49. The fourth-order valence-corrected chi connectivity index (χ4v) is 1.54. The first-order chi connectivity index (χ1) is 8.09. The van der Waals surface area contributed by atoms with Crippen molar-refractivity contribution in [1.82, 2.24) is 9.55 Å². The van der Waals surface area contributed by atoms with E-state index in [4.69, 9.17) is 11.5 Å². The molecule has 1 heterocycles. The third-order valence-electron chi connectivity index (χ3n) is 2.49. The van der Waals surface area contributed by atoms with E-state index in [1.807, 2.05) is 0 Å². The van der Waals surface area contributed by atoms with Crippen molar-refractivity contribution in [3.8, 4) is 0 Å². The second kappa shape index (κ2) is 4.34. The molecule has 0 aliphatic heterocycles. The van der Waals surface area contributed by atoms with Crippen molar-refractivity contribution in [2.24, 2.45) is 11.5 Å². The molecule has 2 aromatic rings. The summed E-state index contributed by atoms with van der Waals surface area (Å²) in [7, 11) is 0. The highest BCUT2D eigenvalue weighted by Gasteiger charge is 2.12. The summed E-state index contributed by atoms with van der Waals surface area (Å²) in [5.74, 6) is -0.648. The normalized spacial score (nSPS) is 12.5. The summed E-state index contributed by atoms with van der Waals surface area (Å²) in [6.07, 6.45) is 1.37. The molecule has 0 radical (unpaired) electrons. The van der Waals surface area contributed by atoms with Crippen LogP contribution in [0.4, 0.5) is 0 Å². The van der Waals surface area contributed by atoms with Gasteiger partial charge in [0.1, 0.15) is 6.04 Å². The van der Waals surface area contributed by atoms with E-state index in [1.165, 1.54) is 10.9 Å². The maximum atomic E-state index is 12.0. The van der Waals surface area contributed by atoms with E-state index in [1.54, 1.807) is 24.3 Å². The van der Waals surface area contributed by atoms with Crippen molar-refractivity contribution in [2.75, 3.05) is 0 Å². The number of benzene rings is 1. The van der Waals surface area contributed by atoms with Gasteiger partial charge in [-0.05, 0) is 12.1 Å². The van der Waals surface area contributed by atoms with Crippen LogP contribution in [0.3, 0.4) is 0 Å². The Balaban J connectivity index is 2.46.